The van der Waals surface area contributed by atoms with Gasteiger partial charge in [0.05, 0.1) is 24.1 Å². The van der Waals surface area contributed by atoms with Gasteiger partial charge in [0, 0.05) is 16.1 Å². The Labute approximate surface area is 241 Å². The Morgan fingerprint density at radius 3 is 2.22 bits per heavy atom. The fourth-order valence-electron chi connectivity index (χ4n) is 4.20. The first-order valence-corrected chi connectivity index (χ1v) is 13.6. The van der Waals surface area contributed by atoms with E-state index < -0.39 is 11.8 Å². The van der Waals surface area contributed by atoms with Gasteiger partial charge in [-0.15, -0.1) is 11.8 Å². The zero-order valence-electron chi connectivity index (χ0n) is 22.0. The van der Waals surface area contributed by atoms with E-state index in [1.807, 2.05) is 6.07 Å². The van der Waals surface area contributed by atoms with Crippen LogP contribution in [0.15, 0.2) is 114 Å². The molecule has 0 saturated heterocycles. The van der Waals surface area contributed by atoms with Crippen LogP contribution in [0, 0.1) is 0 Å². The molecule has 0 bridgehead atoms. The monoisotopic (exact) mass is 563 g/mol. The molecule has 2 N–H and O–H groups in total. The molecule has 0 saturated carbocycles. The largest absolute Gasteiger partial charge is 0.497 e. The lowest BCUT2D eigenvalue weighted by molar-refractivity contribution is -0.113. The van der Waals surface area contributed by atoms with Gasteiger partial charge in [0.1, 0.15) is 11.4 Å². The number of imide groups is 1. The molecule has 0 atom stereocenters. The number of thioether (sulfide) groups is 1. The van der Waals surface area contributed by atoms with Crippen LogP contribution in [0.3, 0.4) is 0 Å². The number of anilines is 1. The number of carbonyl (C=O) groups excluding carboxylic acids is 4. The molecule has 1 aliphatic rings. The van der Waals surface area contributed by atoms with Crippen LogP contribution in [-0.4, -0.2) is 41.5 Å². The number of fused-ring (bicyclic) bond motifs is 1. The highest BCUT2D eigenvalue weighted by Crippen LogP contribution is 2.28. The number of amides is 4. The van der Waals surface area contributed by atoms with Crippen molar-refractivity contribution in [2.24, 2.45) is 0 Å². The van der Waals surface area contributed by atoms with E-state index in [-0.39, 0.29) is 23.4 Å². The molecule has 5 rings (SSSR count). The second-order valence-corrected chi connectivity index (χ2v) is 10.0. The van der Waals surface area contributed by atoms with Gasteiger partial charge >= 0.3 is 0 Å². The van der Waals surface area contributed by atoms with Crippen molar-refractivity contribution in [2.75, 3.05) is 18.3 Å². The molecule has 0 spiro atoms. The highest BCUT2D eigenvalue weighted by molar-refractivity contribution is 7.99. The number of carbonyl (C=O) groups is 4. The van der Waals surface area contributed by atoms with Gasteiger partial charge in [-0.2, -0.15) is 0 Å². The van der Waals surface area contributed by atoms with Crippen LogP contribution >= 0.6 is 11.8 Å². The van der Waals surface area contributed by atoms with Gasteiger partial charge in [-0.3, -0.25) is 24.1 Å². The summed E-state index contributed by atoms with van der Waals surface area (Å²) in [6.07, 6.45) is 1.57. The number of nitrogens with one attached hydrogen (secondary N) is 2. The van der Waals surface area contributed by atoms with Crippen molar-refractivity contribution >= 4 is 47.2 Å². The van der Waals surface area contributed by atoms with Crippen molar-refractivity contribution in [3.8, 4) is 5.75 Å². The molecule has 0 aromatic heterocycles. The molecule has 0 aliphatic carbocycles. The summed E-state index contributed by atoms with van der Waals surface area (Å²) in [5, 5.41) is 5.55. The third kappa shape index (κ3) is 6.37. The third-order valence-electron chi connectivity index (χ3n) is 6.26. The summed E-state index contributed by atoms with van der Waals surface area (Å²) in [4.78, 5) is 53.6. The number of nitrogens with zero attached hydrogens (tertiary/aromatic N) is 1. The molecule has 8 nitrogen and oxygen atoms in total. The summed E-state index contributed by atoms with van der Waals surface area (Å²) in [5.41, 5.74) is 2.37. The van der Waals surface area contributed by atoms with Gasteiger partial charge in [-0.05, 0) is 66.2 Å². The zero-order chi connectivity index (χ0) is 28.8. The Morgan fingerprint density at radius 1 is 0.829 bits per heavy atom. The van der Waals surface area contributed by atoms with E-state index in [0.717, 1.165) is 4.90 Å². The molecule has 0 unspecified atom stereocenters. The number of hydrogen-bond donors (Lipinski definition) is 2. The molecule has 0 radical (unpaired) electrons. The summed E-state index contributed by atoms with van der Waals surface area (Å²) < 4.78 is 5.28. The van der Waals surface area contributed by atoms with Crippen LogP contribution < -0.4 is 15.4 Å². The van der Waals surface area contributed by atoms with E-state index in [2.05, 4.69) is 10.6 Å². The van der Waals surface area contributed by atoms with Crippen molar-refractivity contribution in [3.63, 3.8) is 0 Å². The quantitative estimate of drug-likeness (QED) is 0.159. The molecule has 9 heteroatoms. The number of benzene rings is 4. The Morgan fingerprint density at radius 2 is 1.51 bits per heavy atom. The van der Waals surface area contributed by atoms with Gasteiger partial charge in [0.2, 0.25) is 0 Å². The molecule has 41 heavy (non-hydrogen) atoms. The van der Waals surface area contributed by atoms with Crippen molar-refractivity contribution in [2.45, 2.75) is 4.90 Å². The van der Waals surface area contributed by atoms with E-state index in [1.165, 1.54) is 16.7 Å². The number of ether oxygens (including phenoxy) is 1. The third-order valence-corrected chi connectivity index (χ3v) is 7.24. The average Bonchev–Trinajstić information content (AvgIpc) is 3.25. The van der Waals surface area contributed by atoms with Gasteiger partial charge in [-0.25, -0.2) is 0 Å². The van der Waals surface area contributed by atoms with E-state index in [1.54, 1.807) is 110 Å². The van der Waals surface area contributed by atoms with Crippen LogP contribution in [0.5, 0.6) is 5.75 Å². The lowest BCUT2D eigenvalue weighted by Crippen LogP contribution is -2.30. The highest BCUT2D eigenvalue weighted by atomic mass is 32.2. The van der Waals surface area contributed by atoms with Crippen LogP contribution in [0.2, 0.25) is 0 Å². The minimum Gasteiger partial charge on any atom is -0.497 e. The molecule has 1 heterocycles. The first-order valence-electron chi connectivity index (χ1n) is 12.6. The normalized spacial score (nSPS) is 12.6. The van der Waals surface area contributed by atoms with Gasteiger partial charge in [-0.1, -0.05) is 48.5 Å². The van der Waals surface area contributed by atoms with Crippen LogP contribution in [0.25, 0.3) is 6.08 Å². The maximum atomic E-state index is 13.4. The predicted octanol–water partition coefficient (Wildman–Crippen LogP) is 5.45. The van der Waals surface area contributed by atoms with Crippen molar-refractivity contribution in [1.82, 2.24) is 10.2 Å². The minimum atomic E-state index is -0.528. The SMILES string of the molecule is COc1cccc(/C=C(/NC(=O)c2ccccc2)C(=O)Nc2cccc(SCN3C(=O)c4ccccc4C3=O)c2)c1. The lowest BCUT2D eigenvalue weighted by atomic mass is 10.1. The molecular weight excluding hydrogens is 538 g/mol. The van der Waals surface area contributed by atoms with Crippen molar-refractivity contribution < 1.29 is 23.9 Å². The second kappa shape index (κ2) is 12.4. The topological polar surface area (TPSA) is 105 Å². The summed E-state index contributed by atoms with van der Waals surface area (Å²) in [6.45, 7) is 0. The van der Waals surface area contributed by atoms with Crippen molar-refractivity contribution in [3.05, 3.63) is 131 Å². The maximum Gasteiger partial charge on any atom is 0.272 e. The van der Waals surface area contributed by atoms with Crippen molar-refractivity contribution in [1.29, 1.82) is 0 Å². The summed E-state index contributed by atoms with van der Waals surface area (Å²) in [6, 6.07) is 29.5. The van der Waals surface area contributed by atoms with E-state index in [0.29, 0.717) is 33.7 Å². The summed E-state index contributed by atoms with van der Waals surface area (Å²) in [7, 11) is 1.55. The maximum absolute atomic E-state index is 13.4. The highest BCUT2D eigenvalue weighted by Gasteiger charge is 2.34. The molecule has 4 amide bonds. The first-order chi connectivity index (χ1) is 19.9. The van der Waals surface area contributed by atoms with Crippen LogP contribution in [-0.2, 0) is 4.79 Å². The zero-order valence-corrected chi connectivity index (χ0v) is 22.8. The molecule has 1 aliphatic heterocycles. The fraction of sp³-hybridized carbons (Fsp3) is 0.0625. The van der Waals surface area contributed by atoms with Crippen LogP contribution in [0.4, 0.5) is 5.69 Å². The molecule has 4 aromatic carbocycles. The molecule has 204 valence electrons. The summed E-state index contributed by atoms with van der Waals surface area (Å²) >= 11 is 1.29. The first kappa shape index (κ1) is 27.4. The van der Waals surface area contributed by atoms with Gasteiger partial charge in [0.15, 0.2) is 0 Å². The van der Waals surface area contributed by atoms with E-state index in [4.69, 9.17) is 4.74 Å². The molecule has 0 fully saturated rings. The Hall–Kier alpha value is -5.15. The Bertz CT molecular complexity index is 1630. The Balaban J connectivity index is 1.32. The fourth-order valence-corrected chi connectivity index (χ4v) is 5.10. The minimum absolute atomic E-state index is 0.0381. The molecule has 4 aromatic rings. The summed E-state index contributed by atoms with van der Waals surface area (Å²) in [5.74, 6) is -0.888. The van der Waals surface area contributed by atoms with Crippen LogP contribution in [0.1, 0.15) is 36.6 Å². The average molecular weight is 564 g/mol. The van der Waals surface area contributed by atoms with E-state index in [9.17, 15) is 19.2 Å². The van der Waals surface area contributed by atoms with Gasteiger partial charge in [0.25, 0.3) is 23.6 Å². The smallest absolute Gasteiger partial charge is 0.272 e. The van der Waals surface area contributed by atoms with E-state index >= 15 is 0 Å². The predicted molar refractivity (Wildman–Crippen MR) is 158 cm³/mol. The standard InChI is InChI=1S/C32H25N3O5S/c1-40-24-13-7-9-21(17-24)18-28(34-29(36)22-10-3-2-4-11-22)30(37)33-23-12-8-14-25(19-23)41-20-35-31(38)26-15-5-6-16-27(26)32(35)39/h2-19H,20H2,1H3,(H,33,37)(H,34,36)/b28-18+. The molecular formula is C32H25N3O5S. The number of rotatable bonds is 9. The number of methoxy groups -OCH3 is 1. The second-order valence-electron chi connectivity index (χ2n) is 8.99. The number of hydrogen-bond acceptors (Lipinski definition) is 6. The lowest BCUT2D eigenvalue weighted by Gasteiger charge is -2.14. The van der Waals surface area contributed by atoms with Gasteiger partial charge < -0.3 is 15.4 Å². The Kier molecular flexibility index (Phi) is 8.26.